The van der Waals surface area contributed by atoms with Gasteiger partial charge in [-0.1, -0.05) is 23.7 Å². The van der Waals surface area contributed by atoms with Crippen molar-refractivity contribution >= 4 is 34.5 Å². The van der Waals surface area contributed by atoms with Crippen molar-refractivity contribution in [1.29, 1.82) is 0 Å². The largest absolute Gasteiger partial charge is 0.486 e. The van der Waals surface area contributed by atoms with Crippen LogP contribution in [0.2, 0.25) is 5.15 Å². The first-order valence-corrected chi connectivity index (χ1v) is 9.63. The average molecular weight is 375 g/mol. The molecule has 1 atom stereocenters. The molecule has 1 aliphatic heterocycles. The monoisotopic (exact) mass is 374 g/mol. The molecule has 1 N–H and O–H groups in total. The van der Waals surface area contributed by atoms with Crippen molar-refractivity contribution in [2.24, 2.45) is 7.05 Å². The van der Waals surface area contributed by atoms with Gasteiger partial charge in [0.25, 0.3) is 0 Å². The summed E-state index contributed by atoms with van der Waals surface area (Å²) < 4.78 is 7.81. The summed E-state index contributed by atoms with van der Waals surface area (Å²) in [7, 11) is 1.92. The maximum absolute atomic E-state index is 5.96. The minimum atomic E-state index is 0.395. The summed E-state index contributed by atoms with van der Waals surface area (Å²) in [6, 6.07) is 12.0. The molecule has 0 spiro atoms. The summed E-state index contributed by atoms with van der Waals surface area (Å²) in [5.41, 5.74) is 2.93. The minimum absolute atomic E-state index is 0.395. The van der Waals surface area contributed by atoms with Crippen LogP contribution in [-0.2, 0) is 20.1 Å². The molecule has 130 valence electrons. The van der Waals surface area contributed by atoms with E-state index in [0.717, 1.165) is 41.6 Å². The van der Waals surface area contributed by atoms with Gasteiger partial charge < -0.3 is 14.6 Å². The van der Waals surface area contributed by atoms with Crippen molar-refractivity contribution in [3.8, 4) is 5.75 Å². The highest BCUT2D eigenvalue weighted by molar-refractivity contribution is 8.00. The summed E-state index contributed by atoms with van der Waals surface area (Å²) in [6.45, 7) is 1.49. The van der Waals surface area contributed by atoms with Crippen molar-refractivity contribution < 1.29 is 4.74 Å². The van der Waals surface area contributed by atoms with E-state index in [0.29, 0.717) is 17.0 Å². The quantitative estimate of drug-likeness (QED) is 0.693. The first-order chi connectivity index (χ1) is 12.2. The molecule has 4 rings (SSSR count). The molecule has 1 aromatic carbocycles. The van der Waals surface area contributed by atoms with Gasteiger partial charge in [-0.25, -0.2) is 9.97 Å². The fourth-order valence-corrected chi connectivity index (χ4v) is 4.10. The smallest absolute Gasteiger partial charge is 0.161 e. The predicted octanol–water partition coefficient (Wildman–Crippen LogP) is 3.41. The first kappa shape index (κ1) is 16.7. The normalized spacial score (nSPS) is 17.3. The van der Waals surface area contributed by atoms with E-state index in [-0.39, 0.29) is 0 Å². The van der Waals surface area contributed by atoms with Crippen molar-refractivity contribution in [3.63, 3.8) is 0 Å². The average Bonchev–Trinajstić information content (AvgIpc) is 3.23. The van der Waals surface area contributed by atoms with Crippen molar-refractivity contribution in [2.45, 2.75) is 18.3 Å². The Hall–Kier alpha value is -1.76. The summed E-state index contributed by atoms with van der Waals surface area (Å²) in [5, 5.41) is 4.52. The molecule has 3 aromatic rings. The fraction of sp³-hybridized carbons (Fsp3) is 0.333. The van der Waals surface area contributed by atoms with Gasteiger partial charge in [-0.15, -0.1) is 11.8 Å². The SMILES string of the molecule is Cn1c(COc2ccc(CC3CNCS3)cc2)nc2ccc(Cl)nc21. The van der Waals surface area contributed by atoms with Crippen LogP contribution >= 0.6 is 23.4 Å². The molecule has 0 radical (unpaired) electrons. The van der Waals surface area contributed by atoms with Gasteiger partial charge in [0, 0.05) is 24.7 Å². The Kier molecular flexibility index (Phi) is 4.83. The molecule has 1 saturated heterocycles. The molecular weight excluding hydrogens is 356 g/mol. The van der Waals surface area contributed by atoms with Gasteiger partial charge in [-0.05, 0) is 36.2 Å². The number of pyridine rings is 1. The fourth-order valence-electron chi connectivity index (χ4n) is 2.94. The molecular formula is C18H19ClN4OS. The third-order valence-corrected chi connectivity index (χ3v) is 5.71. The topological polar surface area (TPSA) is 52.0 Å². The number of aromatic nitrogens is 3. The number of nitrogens with one attached hydrogen (secondary N) is 1. The number of imidazole rings is 1. The van der Waals surface area contributed by atoms with E-state index in [1.54, 1.807) is 6.07 Å². The van der Waals surface area contributed by atoms with Crippen LogP contribution in [0.15, 0.2) is 36.4 Å². The highest BCUT2D eigenvalue weighted by Crippen LogP contribution is 2.22. The first-order valence-electron chi connectivity index (χ1n) is 8.21. The molecule has 3 heterocycles. The number of rotatable bonds is 5. The zero-order chi connectivity index (χ0) is 17.2. The second-order valence-corrected chi connectivity index (χ2v) is 7.76. The van der Waals surface area contributed by atoms with Gasteiger partial charge in [0.15, 0.2) is 5.65 Å². The van der Waals surface area contributed by atoms with Crippen LogP contribution < -0.4 is 10.1 Å². The second kappa shape index (κ2) is 7.23. The Bertz CT molecular complexity index is 875. The standard InChI is InChI=1S/C18H19ClN4OS/c1-23-17(21-15-6-7-16(19)22-18(15)23)10-24-13-4-2-12(3-5-13)8-14-9-20-11-25-14/h2-7,14,20H,8-11H2,1H3. The number of benzene rings is 1. The lowest BCUT2D eigenvalue weighted by Crippen LogP contribution is -2.14. The molecule has 0 amide bonds. The Morgan fingerprint density at radius 1 is 1.24 bits per heavy atom. The van der Waals surface area contributed by atoms with Crippen molar-refractivity contribution in [2.75, 3.05) is 12.4 Å². The number of thioether (sulfide) groups is 1. The maximum Gasteiger partial charge on any atom is 0.161 e. The summed E-state index contributed by atoms with van der Waals surface area (Å²) in [4.78, 5) is 8.88. The molecule has 1 aliphatic rings. The van der Waals surface area contributed by atoms with Crippen LogP contribution in [0.4, 0.5) is 0 Å². The predicted molar refractivity (Wildman–Crippen MR) is 102 cm³/mol. The number of ether oxygens (including phenoxy) is 1. The van der Waals surface area contributed by atoms with Gasteiger partial charge in [0.2, 0.25) is 0 Å². The van der Waals surface area contributed by atoms with Crippen LogP contribution in [0.3, 0.4) is 0 Å². The van der Waals surface area contributed by atoms with E-state index in [4.69, 9.17) is 16.3 Å². The third kappa shape index (κ3) is 3.76. The van der Waals surface area contributed by atoms with E-state index in [1.807, 2.05) is 41.6 Å². The van der Waals surface area contributed by atoms with Gasteiger partial charge in [0.05, 0.1) is 0 Å². The molecule has 0 aliphatic carbocycles. The lowest BCUT2D eigenvalue weighted by atomic mass is 10.1. The molecule has 2 aromatic heterocycles. The van der Waals surface area contributed by atoms with Gasteiger partial charge in [0.1, 0.15) is 28.9 Å². The van der Waals surface area contributed by atoms with Gasteiger partial charge >= 0.3 is 0 Å². The summed E-state index contributed by atoms with van der Waals surface area (Å²) in [6.07, 6.45) is 1.09. The highest BCUT2D eigenvalue weighted by Gasteiger charge is 2.15. The van der Waals surface area contributed by atoms with E-state index in [2.05, 4.69) is 27.4 Å². The minimum Gasteiger partial charge on any atom is -0.486 e. The van der Waals surface area contributed by atoms with E-state index < -0.39 is 0 Å². The molecule has 1 unspecified atom stereocenters. The van der Waals surface area contributed by atoms with Crippen molar-refractivity contribution in [1.82, 2.24) is 19.9 Å². The number of halogens is 1. The highest BCUT2D eigenvalue weighted by atomic mass is 35.5. The molecule has 0 bridgehead atoms. The van der Waals surface area contributed by atoms with Gasteiger partial charge in [-0.3, -0.25) is 0 Å². The van der Waals surface area contributed by atoms with Crippen LogP contribution in [0.25, 0.3) is 11.2 Å². The zero-order valence-corrected chi connectivity index (χ0v) is 15.5. The zero-order valence-electron chi connectivity index (χ0n) is 13.9. The molecule has 0 saturated carbocycles. The number of aryl methyl sites for hydroxylation is 1. The second-order valence-electron chi connectivity index (χ2n) is 6.09. The summed E-state index contributed by atoms with van der Waals surface area (Å²) in [5.74, 6) is 2.73. The lowest BCUT2D eigenvalue weighted by Gasteiger charge is -2.09. The summed E-state index contributed by atoms with van der Waals surface area (Å²) >= 11 is 7.94. The van der Waals surface area contributed by atoms with E-state index in [1.165, 1.54) is 5.56 Å². The van der Waals surface area contributed by atoms with E-state index >= 15 is 0 Å². The van der Waals surface area contributed by atoms with Crippen LogP contribution in [0.5, 0.6) is 5.75 Å². The molecule has 5 nitrogen and oxygen atoms in total. The van der Waals surface area contributed by atoms with Crippen LogP contribution in [-0.4, -0.2) is 32.2 Å². The Labute approximate surface area is 155 Å². The molecule has 25 heavy (non-hydrogen) atoms. The lowest BCUT2D eigenvalue weighted by molar-refractivity contribution is 0.292. The van der Waals surface area contributed by atoms with Crippen LogP contribution in [0.1, 0.15) is 11.4 Å². The van der Waals surface area contributed by atoms with Crippen molar-refractivity contribution in [3.05, 3.63) is 52.9 Å². The number of hydrogen-bond donors (Lipinski definition) is 1. The number of hydrogen-bond acceptors (Lipinski definition) is 5. The van der Waals surface area contributed by atoms with Crippen LogP contribution in [0, 0.1) is 0 Å². The number of nitrogens with zero attached hydrogens (tertiary/aromatic N) is 3. The Morgan fingerprint density at radius 2 is 2.08 bits per heavy atom. The Balaban J connectivity index is 1.41. The molecule has 7 heteroatoms. The Morgan fingerprint density at radius 3 is 2.84 bits per heavy atom. The molecule has 1 fully saturated rings. The van der Waals surface area contributed by atoms with Gasteiger partial charge in [-0.2, -0.15) is 0 Å². The third-order valence-electron chi connectivity index (χ3n) is 4.32. The van der Waals surface area contributed by atoms with E-state index in [9.17, 15) is 0 Å². The maximum atomic E-state index is 5.96. The number of fused-ring (bicyclic) bond motifs is 1.